The molecule has 0 radical (unpaired) electrons. The van der Waals surface area contributed by atoms with Crippen molar-refractivity contribution < 1.29 is 28.9 Å². The van der Waals surface area contributed by atoms with E-state index in [-0.39, 0.29) is 17.4 Å². The van der Waals surface area contributed by atoms with Crippen molar-refractivity contribution in [1.29, 1.82) is 0 Å². The first kappa shape index (κ1) is 29.2. The Labute approximate surface area is 247 Å². The molecule has 42 heavy (non-hydrogen) atoms. The molecule has 7 heteroatoms. The molecule has 2 aliphatic heterocycles. The van der Waals surface area contributed by atoms with Gasteiger partial charge in [0.2, 0.25) is 0 Å². The second-order valence-corrected chi connectivity index (χ2v) is 10.9. The van der Waals surface area contributed by atoms with Crippen LogP contribution in [-0.4, -0.2) is 47.6 Å². The van der Waals surface area contributed by atoms with E-state index in [2.05, 4.69) is 6.92 Å². The Bertz CT molecular complexity index is 1460. The highest BCUT2D eigenvalue weighted by molar-refractivity contribution is 6.46. The van der Waals surface area contributed by atoms with Crippen molar-refractivity contribution in [2.45, 2.75) is 65.0 Å². The smallest absolute Gasteiger partial charge is 0.295 e. The summed E-state index contributed by atoms with van der Waals surface area (Å²) in [6.07, 6.45) is 4.43. The predicted octanol–water partition coefficient (Wildman–Crippen LogP) is 6.64. The van der Waals surface area contributed by atoms with Gasteiger partial charge in [-0.05, 0) is 73.7 Å². The van der Waals surface area contributed by atoms with Crippen molar-refractivity contribution in [3.63, 3.8) is 0 Å². The summed E-state index contributed by atoms with van der Waals surface area (Å²) >= 11 is 0. The van der Waals surface area contributed by atoms with Gasteiger partial charge in [-0.2, -0.15) is 0 Å². The topological polar surface area (TPSA) is 85.3 Å². The summed E-state index contributed by atoms with van der Waals surface area (Å²) in [5.41, 5.74) is 3.24. The van der Waals surface area contributed by atoms with E-state index in [1.165, 1.54) is 0 Å². The minimum Gasteiger partial charge on any atom is -0.507 e. The zero-order valence-electron chi connectivity index (χ0n) is 24.6. The first-order valence-electron chi connectivity index (χ1n) is 14.9. The minimum absolute atomic E-state index is 0.0423. The van der Waals surface area contributed by atoms with Crippen LogP contribution in [0.3, 0.4) is 0 Å². The third-order valence-electron chi connectivity index (χ3n) is 7.78. The number of likely N-dealkylation sites (tertiary alicyclic amines) is 1. The highest BCUT2D eigenvalue weighted by Gasteiger charge is 2.46. The summed E-state index contributed by atoms with van der Waals surface area (Å²) < 4.78 is 17.8. The number of aliphatic hydroxyl groups is 1. The van der Waals surface area contributed by atoms with Gasteiger partial charge in [0.05, 0.1) is 24.8 Å². The molecule has 2 atom stereocenters. The van der Waals surface area contributed by atoms with E-state index >= 15 is 0 Å². The lowest BCUT2D eigenvalue weighted by molar-refractivity contribution is -0.139. The van der Waals surface area contributed by atoms with Gasteiger partial charge in [-0.3, -0.25) is 9.59 Å². The molecule has 0 aliphatic carbocycles. The number of hydrogen-bond donors (Lipinski definition) is 1. The summed E-state index contributed by atoms with van der Waals surface area (Å²) in [6, 6.07) is 20.0. The molecule has 1 amide bonds. The van der Waals surface area contributed by atoms with Crippen molar-refractivity contribution in [2.24, 2.45) is 0 Å². The van der Waals surface area contributed by atoms with Crippen LogP contribution in [0, 0.1) is 0 Å². The maximum absolute atomic E-state index is 13.6. The molecule has 0 spiro atoms. The zero-order valence-corrected chi connectivity index (χ0v) is 24.6. The number of aliphatic hydroxyl groups excluding tert-OH is 1. The fraction of sp³-hybridized carbons (Fsp3) is 0.371. The molecule has 3 aromatic carbocycles. The maximum atomic E-state index is 13.6. The highest BCUT2D eigenvalue weighted by atomic mass is 16.5. The zero-order chi connectivity index (χ0) is 29.6. The minimum atomic E-state index is -0.787. The number of Topliss-reactive ketones (excluding diaryl/α,β-unsaturated/α-hetero) is 1. The molecule has 2 heterocycles. The summed E-state index contributed by atoms with van der Waals surface area (Å²) in [7, 11) is 0. The Balaban J connectivity index is 1.55. The normalized spacial score (nSPS) is 19.1. The van der Waals surface area contributed by atoms with Gasteiger partial charge in [-0.25, -0.2) is 0 Å². The first-order valence-corrected chi connectivity index (χ1v) is 14.9. The Kier molecular flexibility index (Phi) is 9.15. The number of ketones is 1. The van der Waals surface area contributed by atoms with E-state index in [1.807, 2.05) is 74.5 Å². The number of rotatable bonds is 12. The Hall–Kier alpha value is -4.26. The molecule has 1 saturated heterocycles. The molecule has 0 aromatic heterocycles. The van der Waals surface area contributed by atoms with Crippen LogP contribution in [0.15, 0.2) is 72.3 Å². The van der Waals surface area contributed by atoms with Crippen molar-refractivity contribution in [2.75, 3.05) is 19.8 Å². The number of fused-ring (bicyclic) bond motifs is 1. The van der Waals surface area contributed by atoms with Gasteiger partial charge in [0.15, 0.2) is 11.5 Å². The molecule has 7 nitrogen and oxygen atoms in total. The highest BCUT2D eigenvalue weighted by Crippen LogP contribution is 2.43. The predicted molar refractivity (Wildman–Crippen MR) is 162 cm³/mol. The monoisotopic (exact) mass is 569 g/mol. The quantitative estimate of drug-likeness (QED) is 0.114. The van der Waals surface area contributed by atoms with Crippen LogP contribution in [0.2, 0.25) is 0 Å². The molecular weight excluding hydrogens is 530 g/mol. The van der Waals surface area contributed by atoms with E-state index in [4.69, 9.17) is 14.2 Å². The van der Waals surface area contributed by atoms with Gasteiger partial charge < -0.3 is 24.2 Å². The number of hydrogen-bond acceptors (Lipinski definition) is 6. The lowest BCUT2D eigenvalue weighted by Crippen LogP contribution is -2.31. The van der Waals surface area contributed by atoms with E-state index in [9.17, 15) is 14.7 Å². The molecule has 5 rings (SSSR count). The van der Waals surface area contributed by atoms with E-state index in [0.29, 0.717) is 55.2 Å². The number of amides is 1. The molecule has 1 fully saturated rings. The molecule has 220 valence electrons. The number of unbranched alkanes of at least 4 members (excludes halogenated alkanes) is 2. The lowest BCUT2D eigenvalue weighted by Gasteiger charge is -2.26. The molecular formula is C35H39NO6. The van der Waals surface area contributed by atoms with Gasteiger partial charge in [0.1, 0.15) is 17.6 Å². The largest absolute Gasteiger partial charge is 0.507 e. The Morgan fingerprint density at radius 2 is 1.79 bits per heavy atom. The average molecular weight is 570 g/mol. The summed E-state index contributed by atoms with van der Waals surface area (Å²) in [5.74, 6) is 0.409. The van der Waals surface area contributed by atoms with Crippen LogP contribution in [0.4, 0.5) is 0 Å². The van der Waals surface area contributed by atoms with Gasteiger partial charge in [-0.15, -0.1) is 0 Å². The van der Waals surface area contributed by atoms with Crippen molar-refractivity contribution in [3.05, 3.63) is 94.6 Å². The van der Waals surface area contributed by atoms with E-state index in [1.54, 1.807) is 11.0 Å². The fourth-order valence-corrected chi connectivity index (χ4v) is 5.69. The number of carbonyl (C=O) groups is 2. The van der Waals surface area contributed by atoms with Crippen molar-refractivity contribution in [3.8, 4) is 17.2 Å². The summed E-state index contributed by atoms with van der Waals surface area (Å²) in [6.45, 7) is 7.35. The third-order valence-corrected chi connectivity index (χ3v) is 7.78. The summed E-state index contributed by atoms with van der Waals surface area (Å²) in [4.78, 5) is 28.7. The molecule has 0 bridgehead atoms. The fourth-order valence-electron chi connectivity index (χ4n) is 5.69. The first-order chi connectivity index (χ1) is 20.4. The van der Waals surface area contributed by atoms with Crippen LogP contribution in [0.1, 0.15) is 68.3 Å². The molecule has 1 N–H and O–H groups in total. The van der Waals surface area contributed by atoms with Gasteiger partial charge in [0, 0.05) is 18.5 Å². The van der Waals surface area contributed by atoms with Crippen LogP contribution in [-0.2, 0) is 22.4 Å². The summed E-state index contributed by atoms with van der Waals surface area (Å²) in [5, 5.41) is 11.6. The standard InChI is InChI=1S/C35H39NO6/c1-4-6-10-19-41-29-16-13-25(22-30(29)40-5-2)32-31(33(37)26-14-15-28-27(21-26)20-23(3)42-28)34(38)35(39)36(32)18-17-24-11-8-7-9-12-24/h7-9,11-16,21-23,32,37H,4-6,10,17-20H2,1-3H3/t23-,32-/m0/s1. The number of ether oxygens (including phenoxy) is 3. The van der Waals surface area contributed by atoms with E-state index < -0.39 is 17.7 Å². The van der Waals surface area contributed by atoms with Crippen molar-refractivity contribution in [1.82, 2.24) is 4.90 Å². The van der Waals surface area contributed by atoms with Crippen LogP contribution in [0.5, 0.6) is 17.2 Å². The van der Waals surface area contributed by atoms with Crippen LogP contribution >= 0.6 is 0 Å². The number of benzene rings is 3. The third kappa shape index (κ3) is 6.15. The molecule has 0 saturated carbocycles. The second-order valence-electron chi connectivity index (χ2n) is 10.9. The van der Waals surface area contributed by atoms with Crippen LogP contribution in [0.25, 0.3) is 5.76 Å². The van der Waals surface area contributed by atoms with Gasteiger partial charge in [0.25, 0.3) is 11.7 Å². The van der Waals surface area contributed by atoms with E-state index in [0.717, 1.165) is 36.1 Å². The molecule has 0 unspecified atom stereocenters. The average Bonchev–Trinajstić information content (AvgIpc) is 3.50. The van der Waals surface area contributed by atoms with Gasteiger partial charge >= 0.3 is 0 Å². The maximum Gasteiger partial charge on any atom is 0.295 e. The number of nitrogens with zero attached hydrogens (tertiary/aromatic N) is 1. The lowest BCUT2D eigenvalue weighted by atomic mass is 9.94. The van der Waals surface area contributed by atoms with Crippen molar-refractivity contribution >= 4 is 17.4 Å². The second kappa shape index (κ2) is 13.1. The molecule has 3 aromatic rings. The SMILES string of the molecule is CCCCCOc1ccc([C@H]2C(=C(O)c3ccc4c(c3)C[C@H](C)O4)C(=O)C(=O)N2CCc2ccccc2)cc1OCC. The molecule has 2 aliphatic rings. The Morgan fingerprint density at radius 1 is 0.976 bits per heavy atom. The van der Waals surface area contributed by atoms with Crippen LogP contribution < -0.4 is 14.2 Å². The van der Waals surface area contributed by atoms with Gasteiger partial charge in [-0.1, -0.05) is 56.2 Å². The number of carbonyl (C=O) groups excluding carboxylic acids is 2. The Morgan fingerprint density at radius 3 is 2.55 bits per heavy atom.